The molecule has 1 saturated heterocycles. The third kappa shape index (κ3) is 3.65. The molecule has 2 aliphatic rings. The zero-order valence-corrected chi connectivity index (χ0v) is 14.2. The Labute approximate surface area is 149 Å². The number of piperidine rings is 1. The molecule has 0 spiro atoms. The van der Waals surface area contributed by atoms with Gasteiger partial charge in [0, 0.05) is 36.8 Å². The Morgan fingerprint density at radius 3 is 2.73 bits per heavy atom. The third-order valence-corrected chi connectivity index (χ3v) is 4.96. The van der Waals surface area contributed by atoms with E-state index < -0.39 is 18.1 Å². The van der Waals surface area contributed by atoms with Crippen molar-refractivity contribution >= 4 is 17.3 Å². The maximum absolute atomic E-state index is 13.3. The van der Waals surface area contributed by atoms with Gasteiger partial charge < -0.3 is 20.4 Å². The molecule has 8 heteroatoms. The highest BCUT2D eigenvalue weighted by Crippen LogP contribution is 2.43. The lowest BCUT2D eigenvalue weighted by Gasteiger charge is -2.39. The van der Waals surface area contributed by atoms with E-state index in [0.717, 1.165) is 18.5 Å². The summed E-state index contributed by atoms with van der Waals surface area (Å²) < 4.78 is 45.2. The zero-order valence-electron chi connectivity index (χ0n) is 14.2. The van der Waals surface area contributed by atoms with Crippen molar-refractivity contribution in [2.45, 2.75) is 37.4 Å². The van der Waals surface area contributed by atoms with E-state index in [4.69, 9.17) is 10.2 Å². The van der Waals surface area contributed by atoms with Crippen molar-refractivity contribution in [1.82, 2.24) is 4.98 Å². The largest absolute Gasteiger partial charge is 0.449 e. The van der Waals surface area contributed by atoms with E-state index >= 15 is 0 Å². The first-order chi connectivity index (χ1) is 12.4. The molecule has 2 fully saturated rings. The number of nitrogens with zero attached hydrogens (tertiary/aromatic N) is 2. The second kappa shape index (κ2) is 6.50. The van der Waals surface area contributed by atoms with E-state index in [9.17, 15) is 13.2 Å². The highest BCUT2D eigenvalue weighted by atomic mass is 19.4. The van der Waals surface area contributed by atoms with Crippen LogP contribution in [-0.4, -0.2) is 30.3 Å². The SMILES string of the molecule is NC1CC(C(F)(F)F)CN(c2cc(C3CC3)ncc2Nc2ccco2)C1. The van der Waals surface area contributed by atoms with Crippen LogP contribution in [0.3, 0.4) is 0 Å². The first-order valence-electron chi connectivity index (χ1n) is 8.78. The standard InChI is InChI=1S/C18H21F3N4O/c19-18(20,21)12-6-13(22)10-25(9-12)16-7-14(11-3-4-11)23-8-15(16)24-17-2-1-5-26-17/h1-2,5,7-8,11-13,24H,3-4,6,9-10,22H2. The van der Waals surface area contributed by atoms with Crippen molar-refractivity contribution in [3.63, 3.8) is 0 Å². The average Bonchev–Trinajstić information content (AvgIpc) is 3.31. The van der Waals surface area contributed by atoms with Crippen molar-refractivity contribution in [3.05, 3.63) is 36.4 Å². The monoisotopic (exact) mass is 366 g/mol. The minimum Gasteiger partial charge on any atom is -0.449 e. The van der Waals surface area contributed by atoms with Crippen molar-refractivity contribution in [3.8, 4) is 0 Å². The van der Waals surface area contributed by atoms with Gasteiger partial charge in [0.2, 0.25) is 0 Å². The number of hydrogen-bond acceptors (Lipinski definition) is 5. The summed E-state index contributed by atoms with van der Waals surface area (Å²) in [6.45, 7) is 0.283. The van der Waals surface area contributed by atoms with Crippen LogP contribution in [0.25, 0.3) is 0 Å². The topological polar surface area (TPSA) is 67.3 Å². The molecule has 0 bridgehead atoms. The molecular weight excluding hydrogens is 345 g/mol. The van der Waals surface area contributed by atoms with Crippen LogP contribution < -0.4 is 16.0 Å². The first-order valence-corrected chi connectivity index (χ1v) is 8.78. The second-order valence-electron chi connectivity index (χ2n) is 7.14. The predicted octanol–water partition coefficient (Wildman–Crippen LogP) is 4.01. The lowest BCUT2D eigenvalue weighted by Crippen LogP contribution is -2.51. The zero-order chi connectivity index (χ0) is 18.3. The minimum atomic E-state index is -4.25. The van der Waals surface area contributed by atoms with E-state index in [1.807, 2.05) is 6.07 Å². The second-order valence-corrected chi connectivity index (χ2v) is 7.14. The fourth-order valence-electron chi connectivity index (χ4n) is 3.48. The summed E-state index contributed by atoms with van der Waals surface area (Å²) in [5.74, 6) is -0.510. The Morgan fingerprint density at radius 1 is 1.27 bits per heavy atom. The molecule has 3 N–H and O–H groups in total. The van der Waals surface area contributed by atoms with Gasteiger partial charge in [-0.3, -0.25) is 4.98 Å². The van der Waals surface area contributed by atoms with Gasteiger partial charge in [0.05, 0.1) is 29.8 Å². The van der Waals surface area contributed by atoms with Crippen LogP contribution in [0.15, 0.2) is 35.1 Å². The molecule has 140 valence electrons. The Hall–Kier alpha value is -2.22. The highest BCUT2D eigenvalue weighted by molar-refractivity contribution is 5.74. The van der Waals surface area contributed by atoms with E-state index in [2.05, 4.69) is 10.3 Å². The molecule has 2 aromatic heterocycles. The molecule has 2 atom stereocenters. The number of rotatable bonds is 4. The number of pyridine rings is 1. The van der Waals surface area contributed by atoms with Gasteiger partial charge in [0.25, 0.3) is 0 Å². The van der Waals surface area contributed by atoms with Crippen LogP contribution in [0.2, 0.25) is 0 Å². The Bertz CT molecular complexity index is 758. The molecular formula is C18H21F3N4O. The molecule has 2 aromatic rings. The van der Waals surface area contributed by atoms with Crippen molar-refractivity contribution in [2.75, 3.05) is 23.3 Å². The molecule has 3 heterocycles. The van der Waals surface area contributed by atoms with Crippen LogP contribution in [0.5, 0.6) is 0 Å². The van der Waals surface area contributed by atoms with E-state index in [-0.39, 0.29) is 13.0 Å². The van der Waals surface area contributed by atoms with Crippen LogP contribution >= 0.6 is 0 Å². The highest BCUT2D eigenvalue weighted by Gasteiger charge is 2.44. The summed E-state index contributed by atoms with van der Waals surface area (Å²) in [4.78, 5) is 6.21. The normalized spacial score (nSPS) is 23.9. The van der Waals surface area contributed by atoms with E-state index in [1.165, 1.54) is 6.26 Å². The number of nitrogens with one attached hydrogen (secondary N) is 1. The summed E-state index contributed by atoms with van der Waals surface area (Å²) in [5, 5.41) is 3.11. The Balaban J connectivity index is 1.66. The Kier molecular flexibility index (Phi) is 4.30. The summed E-state index contributed by atoms with van der Waals surface area (Å²) >= 11 is 0. The molecule has 0 radical (unpaired) electrons. The quantitative estimate of drug-likeness (QED) is 0.856. The maximum Gasteiger partial charge on any atom is 0.393 e. The molecule has 0 aromatic carbocycles. The van der Waals surface area contributed by atoms with Gasteiger partial charge in [-0.05, 0) is 31.4 Å². The van der Waals surface area contributed by atoms with E-state index in [1.54, 1.807) is 23.2 Å². The summed E-state index contributed by atoms with van der Waals surface area (Å²) in [6.07, 6.45) is 1.06. The minimum absolute atomic E-state index is 0.0402. The summed E-state index contributed by atoms with van der Waals surface area (Å²) in [6, 6.07) is 4.86. The lowest BCUT2D eigenvalue weighted by molar-refractivity contribution is -0.177. The molecule has 1 aliphatic heterocycles. The number of aromatic nitrogens is 1. The molecule has 4 rings (SSSR count). The van der Waals surface area contributed by atoms with E-state index in [0.29, 0.717) is 29.7 Å². The number of hydrogen-bond donors (Lipinski definition) is 2. The summed E-state index contributed by atoms with van der Waals surface area (Å²) in [7, 11) is 0. The molecule has 0 amide bonds. The number of halogens is 3. The number of anilines is 3. The van der Waals surface area contributed by atoms with Crippen LogP contribution in [0.4, 0.5) is 30.4 Å². The molecule has 26 heavy (non-hydrogen) atoms. The molecule has 2 unspecified atom stereocenters. The van der Waals surface area contributed by atoms with Crippen LogP contribution in [0, 0.1) is 5.92 Å². The lowest BCUT2D eigenvalue weighted by atomic mass is 9.93. The van der Waals surface area contributed by atoms with Gasteiger partial charge in [0.15, 0.2) is 5.88 Å². The van der Waals surface area contributed by atoms with Gasteiger partial charge in [-0.2, -0.15) is 13.2 Å². The average molecular weight is 366 g/mol. The molecule has 5 nitrogen and oxygen atoms in total. The molecule has 1 saturated carbocycles. The maximum atomic E-state index is 13.3. The van der Waals surface area contributed by atoms with Gasteiger partial charge in [-0.25, -0.2) is 0 Å². The van der Waals surface area contributed by atoms with Crippen LogP contribution in [0.1, 0.15) is 30.9 Å². The smallest absolute Gasteiger partial charge is 0.393 e. The first kappa shape index (κ1) is 17.2. The van der Waals surface area contributed by atoms with Crippen molar-refractivity contribution < 1.29 is 17.6 Å². The van der Waals surface area contributed by atoms with Crippen LogP contribution in [-0.2, 0) is 0 Å². The fraction of sp³-hybridized carbons (Fsp3) is 0.500. The van der Waals surface area contributed by atoms with Gasteiger partial charge in [0.1, 0.15) is 0 Å². The van der Waals surface area contributed by atoms with Gasteiger partial charge in [-0.15, -0.1) is 0 Å². The molecule has 1 aliphatic carbocycles. The number of nitrogens with two attached hydrogens (primary N) is 1. The predicted molar refractivity (Wildman–Crippen MR) is 92.6 cm³/mol. The fourth-order valence-corrected chi connectivity index (χ4v) is 3.48. The van der Waals surface area contributed by atoms with Gasteiger partial charge >= 0.3 is 6.18 Å². The summed E-state index contributed by atoms with van der Waals surface area (Å²) in [5.41, 5.74) is 8.19. The number of furan rings is 1. The third-order valence-electron chi connectivity index (χ3n) is 4.96. The van der Waals surface area contributed by atoms with Crippen molar-refractivity contribution in [2.24, 2.45) is 11.7 Å². The van der Waals surface area contributed by atoms with Gasteiger partial charge in [-0.1, -0.05) is 0 Å². The Morgan fingerprint density at radius 2 is 2.08 bits per heavy atom. The van der Waals surface area contributed by atoms with Crippen molar-refractivity contribution in [1.29, 1.82) is 0 Å². The number of alkyl halides is 3.